The first-order chi connectivity index (χ1) is 9.66. The summed E-state index contributed by atoms with van der Waals surface area (Å²) >= 11 is 0. The number of aromatic nitrogens is 3. The number of carboxylic acid groups (broad SMARTS) is 1. The highest BCUT2D eigenvalue weighted by atomic mass is 16.4. The van der Waals surface area contributed by atoms with E-state index in [0.29, 0.717) is 30.5 Å². The monoisotopic (exact) mass is 274 g/mol. The summed E-state index contributed by atoms with van der Waals surface area (Å²) in [7, 11) is 0. The van der Waals surface area contributed by atoms with Gasteiger partial charge in [0, 0.05) is 25.5 Å². The fourth-order valence-corrected chi connectivity index (χ4v) is 2.53. The number of hydrogen-bond acceptors (Lipinski definition) is 4. The SMILES string of the molecule is O=C(O)[C@@H]1CCCN(C(=O)c2cnn3ccncc23)C1. The molecule has 2 aromatic rings. The average molecular weight is 274 g/mol. The zero-order chi connectivity index (χ0) is 14.1. The Morgan fingerprint density at radius 3 is 3.00 bits per heavy atom. The first-order valence-corrected chi connectivity index (χ1v) is 6.46. The van der Waals surface area contributed by atoms with E-state index in [9.17, 15) is 9.59 Å². The van der Waals surface area contributed by atoms with Crippen LogP contribution < -0.4 is 0 Å². The maximum absolute atomic E-state index is 12.5. The van der Waals surface area contributed by atoms with Gasteiger partial charge in [0.2, 0.25) is 0 Å². The minimum absolute atomic E-state index is 0.182. The van der Waals surface area contributed by atoms with Crippen LogP contribution in [-0.2, 0) is 4.79 Å². The van der Waals surface area contributed by atoms with Crippen LogP contribution in [-0.4, -0.2) is 49.6 Å². The minimum atomic E-state index is -0.843. The third kappa shape index (κ3) is 2.11. The lowest BCUT2D eigenvalue weighted by Crippen LogP contribution is -2.42. The van der Waals surface area contributed by atoms with Gasteiger partial charge in [0.15, 0.2) is 0 Å². The van der Waals surface area contributed by atoms with Gasteiger partial charge in [-0.05, 0) is 12.8 Å². The smallest absolute Gasteiger partial charge is 0.308 e. The summed E-state index contributed by atoms with van der Waals surface area (Å²) in [4.78, 5) is 29.1. The van der Waals surface area contributed by atoms with Crippen molar-refractivity contribution in [3.8, 4) is 0 Å². The van der Waals surface area contributed by atoms with Crippen molar-refractivity contribution >= 4 is 17.4 Å². The van der Waals surface area contributed by atoms with Crippen LogP contribution in [0, 0.1) is 5.92 Å². The molecule has 1 atom stereocenters. The molecule has 1 aliphatic heterocycles. The van der Waals surface area contributed by atoms with E-state index in [4.69, 9.17) is 5.11 Å². The van der Waals surface area contributed by atoms with Crippen LogP contribution in [0.5, 0.6) is 0 Å². The lowest BCUT2D eigenvalue weighted by atomic mass is 9.98. The molecule has 0 spiro atoms. The summed E-state index contributed by atoms with van der Waals surface area (Å²) in [5.74, 6) is -1.50. The molecule has 1 aliphatic rings. The van der Waals surface area contributed by atoms with Gasteiger partial charge >= 0.3 is 5.97 Å². The number of carbonyl (C=O) groups is 2. The van der Waals surface area contributed by atoms with Crippen LogP contribution in [0.15, 0.2) is 24.8 Å². The predicted octanol–water partition coefficient (Wildman–Crippen LogP) is 0.666. The Labute approximate surface area is 114 Å². The van der Waals surface area contributed by atoms with Crippen LogP contribution in [0.1, 0.15) is 23.2 Å². The third-order valence-electron chi connectivity index (χ3n) is 3.61. The molecule has 104 valence electrons. The number of amides is 1. The van der Waals surface area contributed by atoms with E-state index >= 15 is 0 Å². The van der Waals surface area contributed by atoms with Gasteiger partial charge < -0.3 is 10.0 Å². The number of rotatable bonds is 2. The fourth-order valence-electron chi connectivity index (χ4n) is 2.53. The molecule has 0 radical (unpaired) electrons. The number of hydrogen-bond donors (Lipinski definition) is 1. The van der Waals surface area contributed by atoms with Crippen LogP contribution in [0.4, 0.5) is 0 Å². The summed E-state index contributed by atoms with van der Waals surface area (Å²) in [6, 6.07) is 0. The lowest BCUT2D eigenvalue weighted by Gasteiger charge is -2.30. The molecular formula is C13H14N4O3. The topological polar surface area (TPSA) is 87.8 Å². The van der Waals surface area contributed by atoms with Crippen LogP contribution in [0.2, 0.25) is 0 Å². The molecular weight excluding hydrogens is 260 g/mol. The second kappa shape index (κ2) is 4.92. The molecule has 2 aromatic heterocycles. The molecule has 1 fully saturated rings. The molecule has 1 amide bonds. The molecule has 0 bridgehead atoms. The number of nitrogens with zero attached hydrogens (tertiary/aromatic N) is 4. The number of carboxylic acids is 1. The van der Waals surface area contributed by atoms with Gasteiger partial charge in [0.1, 0.15) is 0 Å². The lowest BCUT2D eigenvalue weighted by molar-refractivity contribution is -0.143. The quantitative estimate of drug-likeness (QED) is 0.869. The Morgan fingerprint density at radius 1 is 1.35 bits per heavy atom. The zero-order valence-corrected chi connectivity index (χ0v) is 10.8. The highest BCUT2D eigenvalue weighted by molar-refractivity contribution is 6.00. The molecule has 0 aromatic carbocycles. The first-order valence-electron chi connectivity index (χ1n) is 6.46. The number of aliphatic carboxylic acids is 1. The first kappa shape index (κ1) is 12.6. The average Bonchev–Trinajstić information content (AvgIpc) is 2.90. The van der Waals surface area contributed by atoms with Gasteiger partial charge in [0.05, 0.1) is 29.4 Å². The third-order valence-corrected chi connectivity index (χ3v) is 3.61. The van der Waals surface area contributed by atoms with Gasteiger partial charge in [-0.1, -0.05) is 0 Å². The largest absolute Gasteiger partial charge is 0.481 e. The highest BCUT2D eigenvalue weighted by Crippen LogP contribution is 2.20. The molecule has 3 heterocycles. The number of piperidine rings is 1. The van der Waals surface area contributed by atoms with E-state index < -0.39 is 11.9 Å². The van der Waals surface area contributed by atoms with Gasteiger partial charge in [-0.25, -0.2) is 4.52 Å². The summed E-state index contributed by atoms with van der Waals surface area (Å²) in [6.07, 6.45) is 7.68. The van der Waals surface area contributed by atoms with Crippen molar-refractivity contribution in [1.29, 1.82) is 0 Å². The van der Waals surface area contributed by atoms with Crippen LogP contribution in [0.25, 0.3) is 5.52 Å². The van der Waals surface area contributed by atoms with Crippen molar-refractivity contribution in [3.05, 3.63) is 30.4 Å². The maximum atomic E-state index is 12.5. The van der Waals surface area contributed by atoms with Crippen molar-refractivity contribution in [1.82, 2.24) is 19.5 Å². The van der Waals surface area contributed by atoms with E-state index in [1.807, 2.05) is 0 Å². The molecule has 3 rings (SSSR count). The number of fused-ring (bicyclic) bond motifs is 1. The van der Waals surface area contributed by atoms with E-state index in [2.05, 4.69) is 10.1 Å². The molecule has 1 N–H and O–H groups in total. The Morgan fingerprint density at radius 2 is 2.20 bits per heavy atom. The molecule has 0 aliphatic carbocycles. The minimum Gasteiger partial charge on any atom is -0.481 e. The van der Waals surface area contributed by atoms with Gasteiger partial charge in [-0.15, -0.1) is 0 Å². The number of likely N-dealkylation sites (tertiary alicyclic amines) is 1. The van der Waals surface area contributed by atoms with Crippen LogP contribution >= 0.6 is 0 Å². The standard InChI is InChI=1S/C13H14N4O3/c18-12(16-4-1-2-9(8-16)13(19)20)10-6-15-17-5-3-14-7-11(10)17/h3,5-7,9H,1-2,4,8H2,(H,19,20)/t9-/m1/s1. The van der Waals surface area contributed by atoms with Crippen molar-refractivity contribution in [2.24, 2.45) is 5.92 Å². The van der Waals surface area contributed by atoms with Gasteiger partial charge in [0.25, 0.3) is 5.91 Å². The predicted molar refractivity (Wildman–Crippen MR) is 69.3 cm³/mol. The molecule has 1 saturated heterocycles. The van der Waals surface area contributed by atoms with E-state index in [-0.39, 0.29) is 12.5 Å². The summed E-state index contributed by atoms with van der Waals surface area (Å²) in [6.45, 7) is 0.839. The van der Waals surface area contributed by atoms with Gasteiger partial charge in [-0.3, -0.25) is 14.6 Å². The van der Waals surface area contributed by atoms with Crippen molar-refractivity contribution in [2.75, 3.05) is 13.1 Å². The van der Waals surface area contributed by atoms with E-state index in [1.165, 1.54) is 6.20 Å². The number of carbonyl (C=O) groups excluding carboxylic acids is 1. The fraction of sp³-hybridized carbons (Fsp3) is 0.385. The van der Waals surface area contributed by atoms with Crippen molar-refractivity contribution < 1.29 is 14.7 Å². The Kier molecular flexibility index (Phi) is 3.09. The highest BCUT2D eigenvalue weighted by Gasteiger charge is 2.29. The van der Waals surface area contributed by atoms with E-state index in [0.717, 1.165) is 0 Å². The van der Waals surface area contributed by atoms with Crippen molar-refractivity contribution in [3.63, 3.8) is 0 Å². The Balaban J connectivity index is 1.87. The summed E-state index contributed by atoms with van der Waals surface area (Å²) in [5.41, 5.74) is 1.10. The Hall–Kier alpha value is -2.44. The van der Waals surface area contributed by atoms with E-state index in [1.54, 1.807) is 28.0 Å². The maximum Gasteiger partial charge on any atom is 0.308 e. The summed E-state index contributed by atoms with van der Waals surface area (Å²) < 4.78 is 1.58. The summed E-state index contributed by atoms with van der Waals surface area (Å²) in [5, 5.41) is 13.2. The second-order valence-electron chi connectivity index (χ2n) is 4.89. The molecule has 20 heavy (non-hydrogen) atoms. The second-order valence-corrected chi connectivity index (χ2v) is 4.89. The van der Waals surface area contributed by atoms with Crippen molar-refractivity contribution in [2.45, 2.75) is 12.8 Å². The normalized spacial score (nSPS) is 19.2. The molecule has 0 saturated carbocycles. The Bertz CT molecular complexity index is 666. The molecule has 0 unspecified atom stereocenters. The van der Waals surface area contributed by atoms with Crippen LogP contribution in [0.3, 0.4) is 0 Å². The zero-order valence-electron chi connectivity index (χ0n) is 10.8. The van der Waals surface area contributed by atoms with Gasteiger partial charge in [-0.2, -0.15) is 5.10 Å². The molecule has 7 nitrogen and oxygen atoms in total. The molecule has 7 heteroatoms.